The summed E-state index contributed by atoms with van der Waals surface area (Å²) in [6.07, 6.45) is 6.56. The lowest BCUT2D eigenvalue weighted by Crippen LogP contribution is -2.52. The molecule has 1 aromatic carbocycles. The van der Waals surface area contributed by atoms with Gasteiger partial charge in [0.05, 0.1) is 5.94 Å². The molecule has 1 aliphatic rings. The molecule has 2 atom stereocenters. The minimum absolute atomic E-state index is 0.290. The lowest BCUT2D eigenvalue weighted by atomic mass is 9.76. The van der Waals surface area contributed by atoms with Crippen LogP contribution in [0.2, 0.25) is 0 Å². The molecule has 1 aromatic rings. The molecule has 2 amide bonds. The van der Waals surface area contributed by atoms with Crippen molar-refractivity contribution in [3.63, 3.8) is 0 Å². The van der Waals surface area contributed by atoms with E-state index < -0.39 is 13.1 Å². The number of carbonyl (C=O) groups is 1. The summed E-state index contributed by atoms with van der Waals surface area (Å²) in [5.41, 5.74) is 0.936. The molecule has 0 bridgehead atoms. The Bertz CT molecular complexity index is 539. The third-order valence-corrected chi connectivity index (χ3v) is 4.24. The van der Waals surface area contributed by atoms with Crippen LogP contribution in [0.3, 0.4) is 0 Å². The molecule has 1 fully saturated rings. The lowest BCUT2D eigenvalue weighted by Gasteiger charge is -2.24. The topological polar surface area (TPSA) is 84.8 Å². The number of hydrogen-bond donors (Lipinski definition) is 4. The van der Waals surface area contributed by atoms with Crippen molar-refractivity contribution in [3.8, 4) is 0 Å². The number of urea groups is 1. The molecule has 1 aliphatic heterocycles. The van der Waals surface area contributed by atoms with Crippen molar-refractivity contribution in [1.82, 2.24) is 15.5 Å². The van der Waals surface area contributed by atoms with Crippen LogP contribution in [0.1, 0.15) is 25.3 Å². The average molecular weight is 331 g/mol. The molecule has 1 unspecified atom stereocenters. The molecule has 0 aliphatic carbocycles. The molecular formula is C17H26BN3O3. The Morgan fingerprint density at radius 2 is 2.17 bits per heavy atom. The second-order valence-electron chi connectivity index (χ2n) is 6.08. The van der Waals surface area contributed by atoms with Gasteiger partial charge in [-0.25, -0.2) is 4.79 Å². The fourth-order valence-electron chi connectivity index (χ4n) is 2.99. The van der Waals surface area contributed by atoms with Gasteiger partial charge in [-0.1, -0.05) is 36.4 Å². The number of carbonyl (C=O) groups excluding carboxylic acids is 1. The summed E-state index contributed by atoms with van der Waals surface area (Å²) in [5, 5.41) is 24.5. The van der Waals surface area contributed by atoms with E-state index in [1.165, 1.54) is 0 Å². The van der Waals surface area contributed by atoms with Gasteiger partial charge >= 0.3 is 13.1 Å². The maximum atomic E-state index is 12.1. The van der Waals surface area contributed by atoms with Gasteiger partial charge in [0.1, 0.15) is 0 Å². The zero-order chi connectivity index (χ0) is 17.4. The molecule has 4 N–H and O–H groups in total. The maximum absolute atomic E-state index is 12.1. The smallest absolute Gasteiger partial charge is 0.426 e. The van der Waals surface area contributed by atoms with Crippen LogP contribution in [-0.4, -0.2) is 53.2 Å². The van der Waals surface area contributed by atoms with Gasteiger partial charge in [-0.15, -0.1) is 0 Å². The van der Waals surface area contributed by atoms with Gasteiger partial charge in [0, 0.05) is 19.1 Å². The van der Waals surface area contributed by atoms with Gasteiger partial charge in [0.15, 0.2) is 0 Å². The van der Waals surface area contributed by atoms with Crippen molar-refractivity contribution < 1.29 is 14.8 Å². The highest BCUT2D eigenvalue weighted by molar-refractivity contribution is 6.43. The Morgan fingerprint density at radius 3 is 2.83 bits per heavy atom. The number of allylic oxidation sites excluding steroid dienone is 1. The Labute approximate surface area is 143 Å². The quantitative estimate of drug-likeness (QED) is 0.560. The van der Waals surface area contributed by atoms with Crippen molar-refractivity contribution in [2.45, 2.75) is 38.2 Å². The minimum Gasteiger partial charge on any atom is -0.426 e. The third kappa shape index (κ3) is 5.58. The van der Waals surface area contributed by atoms with Gasteiger partial charge in [-0.2, -0.15) is 0 Å². The first-order valence-electron chi connectivity index (χ1n) is 8.43. The summed E-state index contributed by atoms with van der Waals surface area (Å²) in [6, 6.07) is 9.35. The van der Waals surface area contributed by atoms with E-state index in [9.17, 15) is 14.8 Å². The summed E-state index contributed by atoms with van der Waals surface area (Å²) < 4.78 is 0. The highest BCUT2D eigenvalue weighted by Crippen LogP contribution is 2.16. The van der Waals surface area contributed by atoms with Crippen molar-refractivity contribution in [1.29, 1.82) is 0 Å². The molecule has 7 heteroatoms. The van der Waals surface area contributed by atoms with Crippen LogP contribution in [0.5, 0.6) is 0 Å². The van der Waals surface area contributed by atoms with E-state index in [1.807, 2.05) is 49.5 Å². The van der Waals surface area contributed by atoms with Gasteiger partial charge in [0.25, 0.3) is 0 Å². The van der Waals surface area contributed by atoms with Crippen LogP contribution in [-0.2, 0) is 6.42 Å². The molecule has 1 heterocycles. The van der Waals surface area contributed by atoms with Crippen molar-refractivity contribution in [3.05, 3.63) is 48.2 Å². The summed E-state index contributed by atoms with van der Waals surface area (Å²) >= 11 is 0. The van der Waals surface area contributed by atoms with Crippen molar-refractivity contribution in [2.24, 2.45) is 0 Å². The molecule has 0 spiro atoms. The zero-order valence-corrected chi connectivity index (χ0v) is 14.1. The molecule has 130 valence electrons. The summed E-state index contributed by atoms with van der Waals surface area (Å²) in [6.45, 7) is 3.52. The fourth-order valence-corrected chi connectivity index (χ4v) is 2.99. The first kappa shape index (κ1) is 18.4. The fraction of sp³-hybridized carbons (Fsp3) is 0.471. The molecule has 0 saturated carbocycles. The first-order chi connectivity index (χ1) is 11.6. The molecule has 1 saturated heterocycles. The average Bonchev–Trinajstić information content (AvgIpc) is 3.01. The number of hydrogen-bond acceptors (Lipinski definition) is 4. The van der Waals surface area contributed by atoms with Crippen LogP contribution in [0.25, 0.3) is 0 Å². The monoisotopic (exact) mass is 331 g/mol. The number of nitrogens with zero attached hydrogens (tertiary/aromatic N) is 1. The van der Waals surface area contributed by atoms with Gasteiger partial charge in [0.2, 0.25) is 0 Å². The summed E-state index contributed by atoms with van der Waals surface area (Å²) in [7, 11) is -1.61. The SMILES string of the molecule is CC=CN1CCC[C@@H]1CNC(=O)NC(Cc1ccccc1)B(O)O. The van der Waals surface area contributed by atoms with Gasteiger partial charge < -0.3 is 25.6 Å². The maximum Gasteiger partial charge on any atom is 0.475 e. The minimum atomic E-state index is -1.61. The Hall–Kier alpha value is -1.99. The van der Waals surface area contributed by atoms with E-state index in [0.29, 0.717) is 19.0 Å². The van der Waals surface area contributed by atoms with E-state index in [4.69, 9.17) is 0 Å². The Kier molecular flexibility index (Phi) is 7.15. The number of nitrogens with one attached hydrogen (secondary N) is 2. The second kappa shape index (κ2) is 9.34. The largest absolute Gasteiger partial charge is 0.475 e. The van der Waals surface area contributed by atoms with E-state index >= 15 is 0 Å². The number of rotatable bonds is 7. The summed E-state index contributed by atoms with van der Waals surface area (Å²) in [4.78, 5) is 14.3. The molecule has 0 radical (unpaired) electrons. The third-order valence-electron chi connectivity index (χ3n) is 4.24. The van der Waals surface area contributed by atoms with Gasteiger partial charge in [-0.05, 0) is 37.9 Å². The molecule has 24 heavy (non-hydrogen) atoms. The number of likely N-dealkylation sites (tertiary alicyclic amines) is 1. The predicted octanol–water partition coefficient (Wildman–Crippen LogP) is 0.907. The van der Waals surface area contributed by atoms with Crippen LogP contribution in [0, 0.1) is 0 Å². The van der Waals surface area contributed by atoms with Crippen LogP contribution in [0.4, 0.5) is 4.79 Å². The van der Waals surface area contributed by atoms with Gasteiger partial charge in [-0.3, -0.25) is 0 Å². The Morgan fingerprint density at radius 1 is 1.42 bits per heavy atom. The lowest BCUT2D eigenvalue weighted by molar-refractivity contribution is 0.233. The van der Waals surface area contributed by atoms with Crippen LogP contribution < -0.4 is 10.6 Å². The van der Waals surface area contributed by atoms with E-state index in [2.05, 4.69) is 15.5 Å². The van der Waals surface area contributed by atoms with E-state index in [1.54, 1.807) is 0 Å². The molecule has 2 rings (SSSR count). The molecular weight excluding hydrogens is 305 g/mol. The molecule has 6 nitrogen and oxygen atoms in total. The van der Waals surface area contributed by atoms with Crippen molar-refractivity contribution >= 4 is 13.1 Å². The molecule has 0 aromatic heterocycles. The first-order valence-corrected chi connectivity index (χ1v) is 8.43. The normalized spacial score (nSPS) is 18.6. The zero-order valence-electron chi connectivity index (χ0n) is 14.1. The number of benzene rings is 1. The predicted molar refractivity (Wildman–Crippen MR) is 95.2 cm³/mol. The summed E-state index contributed by atoms with van der Waals surface area (Å²) in [5.74, 6) is -0.748. The number of amides is 2. The second-order valence-corrected chi connectivity index (χ2v) is 6.08. The van der Waals surface area contributed by atoms with E-state index in [0.717, 1.165) is 24.9 Å². The van der Waals surface area contributed by atoms with E-state index in [-0.39, 0.29) is 6.03 Å². The standard InChI is InChI=1S/C17H26BN3O3/c1-2-10-21-11-6-9-15(21)13-19-17(22)20-16(18(23)24)12-14-7-4-3-5-8-14/h2-5,7-8,10,15-16,23-24H,6,9,11-13H2,1H3,(H2,19,20,22)/t15-,16?/m1/s1. The Balaban J connectivity index is 1.82. The highest BCUT2D eigenvalue weighted by atomic mass is 16.4. The van der Waals surface area contributed by atoms with Crippen LogP contribution in [0.15, 0.2) is 42.6 Å². The van der Waals surface area contributed by atoms with Crippen LogP contribution >= 0.6 is 0 Å². The van der Waals surface area contributed by atoms with Crippen molar-refractivity contribution in [2.75, 3.05) is 13.1 Å². The highest BCUT2D eigenvalue weighted by Gasteiger charge is 2.26.